The minimum atomic E-state index is -2.89. The molecule has 1 amide bonds. The van der Waals surface area contributed by atoms with Crippen molar-refractivity contribution in [2.45, 2.75) is 26.5 Å². The molecule has 0 radical (unpaired) electrons. The first-order chi connectivity index (χ1) is 11.9. The van der Waals surface area contributed by atoms with E-state index in [9.17, 15) is 13.6 Å². The van der Waals surface area contributed by atoms with Crippen molar-refractivity contribution in [2.75, 3.05) is 7.11 Å². The van der Waals surface area contributed by atoms with E-state index in [-0.39, 0.29) is 23.6 Å². The van der Waals surface area contributed by atoms with E-state index in [0.29, 0.717) is 5.56 Å². The number of benzene rings is 2. The fraction of sp³-hybridized carbons (Fsp3) is 0.316. The normalized spacial score (nSPS) is 12.1. The van der Waals surface area contributed by atoms with Crippen LogP contribution >= 0.6 is 0 Å². The second-order valence-electron chi connectivity index (χ2n) is 5.87. The average molecular weight is 349 g/mol. The van der Waals surface area contributed by atoms with Gasteiger partial charge in [0.25, 0.3) is 5.91 Å². The number of hydrogen-bond donors (Lipinski definition) is 1. The third-order valence-corrected chi connectivity index (χ3v) is 3.77. The maximum atomic E-state index is 12.5. The molecule has 0 aliphatic heterocycles. The van der Waals surface area contributed by atoms with E-state index in [1.54, 1.807) is 7.11 Å². The number of carbonyl (C=O) groups is 1. The van der Waals surface area contributed by atoms with Gasteiger partial charge in [-0.05, 0) is 47.9 Å². The summed E-state index contributed by atoms with van der Waals surface area (Å²) in [5, 5.41) is 2.98. The zero-order chi connectivity index (χ0) is 18.4. The van der Waals surface area contributed by atoms with Crippen molar-refractivity contribution in [2.24, 2.45) is 5.92 Å². The van der Waals surface area contributed by atoms with Gasteiger partial charge in [-0.3, -0.25) is 4.79 Å². The molecular formula is C19H21F2NO3. The highest BCUT2D eigenvalue weighted by Crippen LogP contribution is 2.24. The number of nitrogens with one attached hydrogen (secondary N) is 1. The molecule has 1 N–H and O–H groups in total. The monoisotopic (exact) mass is 349 g/mol. The summed E-state index contributed by atoms with van der Waals surface area (Å²) in [6.45, 7) is 1.13. The van der Waals surface area contributed by atoms with Crippen LogP contribution in [0.4, 0.5) is 8.78 Å². The van der Waals surface area contributed by atoms with Crippen LogP contribution in [0.25, 0.3) is 0 Å². The summed E-state index contributed by atoms with van der Waals surface area (Å²) in [4.78, 5) is 12.5. The predicted molar refractivity (Wildman–Crippen MR) is 91.1 cm³/mol. The highest BCUT2D eigenvalue weighted by molar-refractivity contribution is 5.94. The number of rotatable bonds is 7. The van der Waals surface area contributed by atoms with Crippen molar-refractivity contribution < 1.29 is 23.0 Å². The van der Waals surface area contributed by atoms with Crippen LogP contribution in [0.1, 0.15) is 35.8 Å². The summed E-state index contributed by atoms with van der Waals surface area (Å²) in [6, 6.07) is 12.9. The lowest BCUT2D eigenvalue weighted by Gasteiger charge is -2.23. The SMILES string of the molecule is COc1ccc([C@@H](NC(=O)c2ccc(OC(F)F)cc2)C(C)C)cc1. The second kappa shape index (κ2) is 8.46. The molecule has 0 aliphatic carbocycles. The van der Waals surface area contributed by atoms with Gasteiger partial charge in [-0.2, -0.15) is 8.78 Å². The van der Waals surface area contributed by atoms with E-state index in [1.165, 1.54) is 24.3 Å². The number of carbonyl (C=O) groups excluding carboxylic acids is 1. The molecule has 2 aromatic rings. The summed E-state index contributed by atoms with van der Waals surface area (Å²) in [5.74, 6) is 0.645. The van der Waals surface area contributed by atoms with Crippen molar-refractivity contribution in [1.82, 2.24) is 5.32 Å². The smallest absolute Gasteiger partial charge is 0.387 e. The number of methoxy groups -OCH3 is 1. The number of halogens is 2. The summed E-state index contributed by atoms with van der Waals surface area (Å²) in [6.07, 6.45) is 0. The maximum Gasteiger partial charge on any atom is 0.387 e. The van der Waals surface area contributed by atoms with E-state index in [1.807, 2.05) is 38.1 Å². The van der Waals surface area contributed by atoms with Crippen molar-refractivity contribution in [3.63, 3.8) is 0 Å². The first kappa shape index (κ1) is 18.7. The van der Waals surface area contributed by atoms with Crippen LogP contribution in [0, 0.1) is 5.92 Å². The Labute approximate surface area is 145 Å². The lowest BCUT2D eigenvalue weighted by molar-refractivity contribution is -0.0498. The van der Waals surface area contributed by atoms with E-state index in [0.717, 1.165) is 11.3 Å². The highest BCUT2D eigenvalue weighted by atomic mass is 19.3. The van der Waals surface area contributed by atoms with E-state index < -0.39 is 6.61 Å². The molecule has 0 aromatic heterocycles. The van der Waals surface area contributed by atoms with Gasteiger partial charge < -0.3 is 14.8 Å². The van der Waals surface area contributed by atoms with Crippen LogP contribution in [-0.4, -0.2) is 19.6 Å². The molecule has 0 aliphatic rings. The molecule has 2 aromatic carbocycles. The third kappa shape index (κ3) is 5.17. The molecule has 0 unspecified atom stereocenters. The zero-order valence-corrected chi connectivity index (χ0v) is 14.3. The molecule has 4 nitrogen and oxygen atoms in total. The molecule has 2 rings (SSSR count). The second-order valence-corrected chi connectivity index (χ2v) is 5.87. The Balaban J connectivity index is 2.11. The average Bonchev–Trinajstić information content (AvgIpc) is 2.59. The number of alkyl halides is 2. The van der Waals surface area contributed by atoms with Crippen LogP contribution in [0.3, 0.4) is 0 Å². The van der Waals surface area contributed by atoms with Gasteiger partial charge in [0.2, 0.25) is 0 Å². The van der Waals surface area contributed by atoms with Crippen molar-refractivity contribution in [3.8, 4) is 11.5 Å². The minimum Gasteiger partial charge on any atom is -0.497 e. The van der Waals surface area contributed by atoms with Gasteiger partial charge in [0.15, 0.2) is 0 Å². The van der Waals surface area contributed by atoms with Gasteiger partial charge in [0.1, 0.15) is 11.5 Å². The molecule has 0 spiro atoms. The highest BCUT2D eigenvalue weighted by Gasteiger charge is 2.19. The molecule has 0 fully saturated rings. The zero-order valence-electron chi connectivity index (χ0n) is 14.3. The largest absolute Gasteiger partial charge is 0.497 e. The molecule has 0 bridgehead atoms. The molecule has 134 valence electrons. The van der Waals surface area contributed by atoms with Crippen molar-refractivity contribution >= 4 is 5.91 Å². The van der Waals surface area contributed by atoms with Gasteiger partial charge in [-0.15, -0.1) is 0 Å². The van der Waals surface area contributed by atoms with E-state index in [2.05, 4.69) is 10.1 Å². The third-order valence-electron chi connectivity index (χ3n) is 3.77. The number of hydrogen-bond acceptors (Lipinski definition) is 3. The van der Waals surface area contributed by atoms with Gasteiger partial charge >= 0.3 is 6.61 Å². The van der Waals surface area contributed by atoms with Crippen LogP contribution in [0.2, 0.25) is 0 Å². The summed E-state index contributed by atoms with van der Waals surface area (Å²) >= 11 is 0. The number of amides is 1. The van der Waals surface area contributed by atoms with Crippen LogP contribution in [0.5, 0.6) is 11.5 Å². The van der Waals surface area contributed by atoms with Crippen molar-refractivity contribution in [1.29, 1.82) is 0 Å². The Hall–Kier alpha value is -2.63. The lowest BCUT2D eigenvalue weighted by Crippen LogP contribution is -2.31. The van der Waals surface area contributed by atoms with Crippen LogP contribution in [0.15, 0.2) is 48.5 Å². The first-order valence-electron chi connectivity index (χ1n) is 7.90. The summed E-state index contributed by atoms with van der Waals surface area (Å²) in [7, 11) is 1.60. The Bertz CT molecular complexity index is 685. The Kier molecular flexibility index (Phi) is 6.33. The molecule has 25 heavy (non-hydrogen) atoms. The molecule has 0 heterocycles. The number of ether oxygens (including phenoxy) is 2. The topological polar surface area (TPSA) is 47.6 Å². The van der Waals surface area contributed by atoms with Gasteiger partial charge in [-0.1, -0.05) is 26.0 Å². The van der Waals surface area contributed by atoms with Gasteiger partial charge in [0, 0.05) is 5.56 Å². The maximum absolute atomic E-state index is 12.5. The van der Waals surface area contributed by atoms with Crippen LogP contribution < -0.4 is 14.8 Å². The Morgan fingerprint density at radius 1 is 0.960 bits per heavy atom. The summed E-state index contributed by atoms with van der Waals surface area (Å²) in [5.41, 5.74) is 1.34. The molecule has 6 heteroatoms. The lowest BCUT2D eigenvalue weighted by atomic mass is 9.95. The minimum absolute atomic E-state index is 0.0158. The molecule has 0 saturated carbocycles. The Morgan fingerprint density at radius 2 is 1.52 bits per heavy atom. The van der Waals surface area contributed by atoms with Gasteiger partial charge in [-0.25, -0.2) is 0 Å². The summed E-state index contributed by atoms with van der Waals surface area (Å²) < 4.78 is 33.8. The van der Waals surface area contributed by atoms with Crippen molar-refractivity contribution in [3.05, 3.63) is 59.7 Å². The fourth-order valence-corrected chi connectivity index (χ4v) is 2.46. The molecule has 0 saturated heterocycles. The van der Waals surface area contributed by atoms with E-state index >= 15 is 0 Å². The predicted octanol–water partition coefficient (Wildman–Crippen LogP) is 4.42. The standard InChI is InChI=1S/C19H21F2NO3/c1-12(2)17(13-4-8-15(24-3)9-5-13)22-18(23)14-6-10-16(11-7-14)25-19(20)21/h4-12,17,19H,1-3H3,(H,22,23)/t17-/m0/s1. The molecular weight excluding hydrogens is 328 g/mol. The Morgan fingerprint density at radius 3 is 2.00 bits per heavy atom. The quantitative estimate of drug-likeness (QED) is 0.805. The van der Waals surface area contributed by atoms with Gasteiger partial charge in [0.05, 0.1) is 13.2 Å². The molecule has 1 atom stereocenters. The van der Waals surface area contributed by atoms with E-state index in [4.69, 9.17) is 4.74 Å². The fourth-order valence-electron chi connectivity index (χ4n) is 2.46. The van der Waals surface area contributed by atoms with Crippen LogP contribution in [-0.2, 0) is 0 Å². The first-order valence-corrected chi connectivity index (χ1v) is 7.90.